The maximum atomic E-state index is 5.57. The summed E-state index contributed by atoms with van der Waals surface area (Å²) in [6, 6.07) is 0. The van der Waals surface area contributed by atoms with Gasteiger partial charge in [0.1, 0.15) is 6.10 Å². The van der Waals surface area contributed by atoms with E-state index < -0.39 is 0 Å². The number of hydrogen-bond acceptors (Lipinski definition) is 4. The summed E-state index contributed by atoms with van der Waals surface area (Å²) in [5.74, 6) is 0.778. The van der Waals surface area contributed by atoms with Crippen LogP contribution in [0.5, 0.6) is 0 Å². The number of hydrogen-bond donors (Lipinski definition) is 1. The Balaban J connectivity index is 3.20. The summed E-state index contributed by atoms with van der Waals surface area (Å²) >= 11 is 0. The highest BCUT2D eigenvalue weighted by Crippen LogP contribution is 2.34. The minimum atomic E-state index is -0.0847. The highest BCUT2D eigenvalue weighted by molar-refractivity contribution is 5.25. The first-order valence-electron chi connectivity index (χ1n) is 6.32. The average molecular weight is 251 g/mol. The van der Waals surface area contributed by atoms with E-state index in [1.807, 2.05) is 20.9 Å². The van der Waals surface area contributed by atoms with Crippen LogP contribution in [0, 0.1) is 19.3 Å². The third-order valence-corrected chi connectivity index (χ3v) is 3.05. The first-order chi connectivity index (χ1) is 8.31. The molecule has 0 aliphatic rings. The van der Waals surface area contributed by atoms with E-state index in [9.17, 15) is 0 Å². The molecule has 0 aliphatic carbocycles. The van der Waals surface area contributed by atoms with Gasteiger partial charge in [-0.25, -0.2) is 9.97 Å². The van der Waals surface area contributed by atoms with Crippen LogP contribution in [0.25, 0.3) is 0 Å². The van der Waals surface area contributed by atoms with Crippen molar-refractivity contribution in [3.63, 3.8) is 0 Å². The van der Waals surface area contributed by atoms with E-state index in [0.29, 0.717) is 0 Å². The van der Waals surface area contributed by atoms with Crippen LogP contribution in [0.1, 0.15) is 49.7 Å². The van der Waals surface area contributed by atoms with Crippen molar-refractivity contribution in [1.29, 1.82) is 0 Å². The zero-order chi connectivity index (χ0) is 13.9. The number of methoxy groups -OCH3 is 1. The first kappa shape index (κ1) is 15.1. The molecule has 1 aromatic heterocycles. The summed E-state index contributed by atoms with van der Waals surface area (Å²) in [5, 5.41) is 3.15. The molecule has 0 aliphatic heterocycles. The summed E-state index contributed by atoms with van der Waals surface area (Å²) in [6.07, 6.45) is -0.0847. The Kier molecular flexibility index (Phi) is 4.82. The highest BCUT2D eigenvalue weighted by atomic mass is 16.5. The van der Waals surface area contributed by atoms with E-state index in [2.05, 4.69) is 36.1 Å². The lowest BCUT2D eigenvalue weighted by Gasteiger charge is -2.28. The fourth-order valence-electron chi connectivity index (χ4n) is 2.16. The summed E-state index contributed by atoms with van der Waals surface area (Å²) in [5.41, 5.74) is 3.21. The lowest BCUT2D eigenvalue weighted by atomic mass is 9.88. The van der Waals surface area contributed by atoms with Crippen molar-refractivity contribution in [2.24, 2.45) is 5.41 Å². The Morgan fingerprint density at radius 1 is 1.17 bits per heavy atom. The van der Waals surface area contributed by atoms with Gasteiger partial charge >= 0.3 is 0 Å². The topological polar surface area (TPSA) is 47.0 Å². The van der Waals surface area contributed by atoms with Gasteiger partial charge in [0.05, 0.1) is 0 Å². The van der Waals surface area contributed by atoms with Gasteiger partial charge < -0.3 is 10.1 Å². The molecular formula is C14H25N3O. The minimum absolute atomic E-state index is 0.0157. The molecule has 0 amide bonds. The molecule has 0 aromatic carbocycles. The number of aryl methyl sites for hydroxylation is 2. The highest BCUT2D eigenvalue weighted by Gasteiger charge is 2.29. The van der Waals surface area contributed by atoms with Crippen LogP contribution >= 0.6 is 0 Å². The molecule has 18 heavy (non-hydrogen) atoms. The zero-order valence-electron chi connectivity index (χ0n) is 12.6. The predicted molar refractivity (Wildman–Crippen MR) is 73.5 cm³/mol. The number of nitrogens with zero attached hydrogens (tertiary/aromatic N) is 2. The third-order valence-electron chi connectivity index (χ3n) is 3.05. The standard InChI is InChI=1S/C14H25N3O/c1-9-11(8-15-6)10(2)17-13(16-9)12(18-7)14(3,4)5/h12,15H,8H2,1-7H3. The molecule has 102 valence electrons. The van der Waals surface area contributed by atoms with Crippen LogP contribution in [-0.2, 0) is 11.3 Å². The molecule has 4 heteroatoms. The van der Waals surface area contributed by atoms with Crippen molar-refractivity contribution in [3.8, 4) is 0 Å². The number of aromatic nitrogens is 2. The molecule has 1 heterocycles. The quantitative estimate of drug-likeness (QED) is 0.893. The van der Waals surface area contributed by atoms with Crippen LogP contribution in [0.4, 0.5) is 0 Å². The van der Waals surface area contributed by atoms with Crippen LogP contribution in [0.2, 0.25) is 0 Å². The van der Waals surface area contributed by atoms with Gasteiger partial charge in [-0.1, -0.05) is 20.8 Å². The second kappa shape index (κ2) is 5.76. The molecule has 0 fully saturated rings. The largest absolute Gasteiger partial charge is 0.373 e. The van der Waals surface area contributed by atoms with E-state index >= 15 is 0 Å². The van der Waals surface area contributed by atoms with Crippen molar-refractivity contribution in [2.75, 3.05) is 14.2 Å². The predicted octanol–water partition coefficient (Wildman–Crippen LogP) is 2.55. The van der Waals surface area contributed by atoms with Crippen molar-refractivity contribution >= 4 is 0 Å². The van der Waals surface area contributed by atoms with Gasteiger partial charge in [-0.2, -0.15) is 0 Å². The third kappa shape index (κ3) is 3.27. The van der Waals surface area contributed by atoms with Gasteiger partial charge in [0.15, 0.2) is 5.82 Å². The van der Waals surface area contributed by atoms with Crippen LogP contribution < -0.4 is 5.32 Å². The van der Waals surface area contributed by atoms with Crippen molar-refractivity contribution in [3.05, 3.63) is 22.8 Å². The Morgan fingerprint density at radius 3 is 2.00 bits per heavy atom. The summed E-state index contributed by atoms with van der Waals surface area (Å²) in [6.45, 7) is 11.3. The zero-order valence-corrected chi connectivity index (χ0v) is 12.6. The molecule has 0 saturated heterocycles. The molecule has 0 bridgehead atoms. The molecule has 0 spiro atoms. The smallest absolute Gasteiger partial charge is 0.158 e. The second-order valence-corrected chi connectivity index (χ2v) is 5.74. The molecule has 1 N–H and O–H groups in total. The normalized spacial score (nSPS) is 13.7. The molecule has 0 saturated carbocycles. The molecule has 1 rings (SSSR count). The SMILES string of the molecule is CNCc1c(C)nc(C(OC)C(C)(C)C)nc1C. The molecule has 0 radical (unpaired) electrons. The first-order valence-corrected chi connectivity index (χ1v) is 6.32. The van der Waals surface area contributed by atoms with Gasteiger partial charge in [0.2, 0.25) is 0 Å². The Hall–Kier alpha value is -1.00. The molecule has 4 nitrogen and oxygen atoms in total. The van der Waals surface area contributed by atoms with Gasteiger partial charge in [0.25, 0.3) is 0 Å². The van der Waals surface area contributed by atoms with Crippen molar-refractivity contribution < 1.29 is 4.74 Å². The van der Waals surface area contributed by atoms with Gasteiger partial charge in [-0.05, 0) is 26.3 Å². The summed E-state index contributed by atoms with van der Waals surface area (Å²) < 4.78 is 5.57. The Labute approximate surface area is 110 Å². The second-order valence-electron chi connectivity index (χ2n) is 5.74. The lowest BCUT2D eigenvalue weighted by molar-refractivity contribution is 0.00839. The molecule has 1 atom stereocenters. The molecular weight excluding hydrogens is 226 g/mol. The average Bonchev–Trinajstić information content (AvgIpc) is 2.22. The fourth-order valence-corrected chi connectivity index (χ4v) is 2.16. The number of ether oxygens (including phenoxy) is 1. The van der Waals surface area contributed by atoms with E-state index in [1.54, 1.807) is 7.11 Å². The van der Waals surface area contributed by atoms with Gasteiger partial charge in [-0.3, -0.25) is 0 Å². The summed E-state index contributed by atoms with van der Waals surface area (Å²) in [4.78, 5) is 9.23. The van der Waals surface area contributed by atoms with Crippen molar-refractivity contribution in [1.82, 2.24) is 15.3 Å². The van der Waals surface area contributed by atoms with E-state index in [-0.39, 0.29) is 11.5 Å². The van der Waals surface area contributed by atoms with E-state index in [0.717, 1.165) is 23.8 Å². The summed E-state index contributed by atoms with van der Waals surface area (Å²) in [7, 11) is 3.64. The molecule has 1 unspecified atom stereocenters. The number of nitrogens with one attached hydrogen (secondary N) is 1. The van der Waals surface area contributed by atoms with Crippen LogP contribution in [0.15, 0.2) is 0 Å². The van der Waals surface area contributed by atoms with Crippen LogP contribution in [0.3, 0.4) is 0 Å². The van der Waals surface area contributed by atoms with E-state index in [4.69, 9.17) is 4.74 Å². The minimum Gasteiger partial charge on any atom is -0.373 e. The monoisotopic (exact) mass is 251 g/mol. The van der Waals surface area contributed by atoms with Gasteiger partial charge in [0, 0.05) is 30.6 Å². The van der Waals surface area contributed by atoms with Crippen LogP contribution in [-0.4, -0.2) is 24.1 Å². The number of rotatable bonds is 4. The maximum Gasteiger partial charge on any atom is 0.158 e. The Morgan fingerprint density at radius 2 is 1.67 bits per heavy atom. The lowest BCUT2D eigenvalue weighted by Crippen LogP contribution is -2.24. The molecule has 1 aromatic rings. The fraction of sp³-hybridized carbons (Fsp3) is 0.714. The van der Waals surface area contributed by atoms with Gasteiger partial charge in [-0.15, -0.1) is 0 Å². The maximum absolute atomic E-state index is 5.57. The Bertz CT molecular complexity index is 387. The van der Waals surface area contributed by atoms with E-state index in [1.165, 1.54) is 5.56 Å². The van der Waals surface area contributed by atoms with Crippen molar-refractivity contribution in [2.45, 2.75) is 47.3 Å².